The van der Waals surface area contributed by atoms with Gasteiger partial charge >= 0.3 is 0 Å². The second-order valence-corrected chi connectivity index (χ2v) is 2.96. The van der Waals surface area contributed by atoms with Crippen molar-refractivity contribution in [2.75, 3.05) is 20.3 Å². The average Bonchev–Trinajstić information content (AvgIpc) is 2.69. The van der Waals surface area contributed by atoms with E-state index < -0.39 is 0 Å². The molecule has 88 valence electrons. The highest BCUT2D eigenvalue weighted by Crippen LogP contribution is 2.33. The van der Waals surface area contributed by atoms with Crippen LogP contribution in [0.3, 0.4) is 0 Å². The molecular weight excluding hydrogens is 232 g/mol. The van der Waals surface area contributed by atoms with E-state index >= 15 is 0 Å². The Labute approximate surface area is 98.9 Å². The predicted molar refractivity (Wildman–Crippen MR) is 62.4 cm³/mol. The minimum atomic E-state index is 0. The van der Waals surface area contributed by atoms with Crippen molar-refractivity contribution in [2.45, 2.75) is 0 Å². The van der Waals surface area contributed by atoms with Crippen molar-refractivity contribution < 1.29 is 14.0 Å². The van der Waals surface area contributed by atoms with E-state index in [1.165, 1.54) is 0 Å². The van der Waals surface area contributed by atoms with Gasteiger partial charge in [-0.15, -0.1) is 12.4 Å². The Morgan fingerprint density at radius 3 is 2.94 bits per heavy atom. The molecule has 0 saturated heterocycles. The Hall–Kier alpha value is -1.46. The molecule has 2 rings (SSSR count). The normalized spacial score (nSPS) is 9.88. The molecular formula is C10H13ClN2O3. The van der Waals surface area contributed by atoms with Crippen LogP contribution in [-0.4, -0.2) is 25.4 Å². The van der Waals surface area contributed by atoms with Crippen molar-refractivity contribution in [1.82, 2.24) is 5.16 Å². The minimum Gasteiger partial charge on any atom is -0.496 e. The summed E-state index contributed by atoms with van der Waals surface area (Å²) >= 11 is 0. The number of hydrogen-bond donors (Lipinski definition) is 1. The molecule has 2 aromatic rings. The Balaban J connectivity index is 0.00000128. The van der Waals surface area contributed by atoms with E-state index in [1.807, 2.05) is 12.1 Å². The largest absolute Gasteiger partial charge is 0.496 e. The SMILES string of the molecule is COc1cccc2onc(OCCN)c12.Cl. The number of halogens is 1. The average molecular weight is 245 g/mol. The van der Waals surface area contributed by atoms with Crippen LogP contribution in [0, 0.1) is 0 Å². The molecule has 0 aliphatic carbocycles. The number of methoxy groups -OCH3 is 1. The number of hydrogen-bond acceptors (Lipinski definition) is 5. The Bertz CT molecular complexity index is 458. The maximum absolute atomic E-state index is 5.35. The van der Waals surface area contributed by atoms with Crippen LogP contribution in [0.5, 0.6) is 11.6 Å². The smallest absolute Gasteiger partial charge is 0.265 e. The summed E-state index contributed by atoms with van der Waals surface area (Å²) in [5, 5.41) is 4.55. The molecule has 0 saturated carbocycles. The monoisotopic (exact) mass is 244 g/mol. The Morgan fingerprint density at radius 2 is 2.25 bits per heavy atom. The Morgan fingerprint density at radius 1 is 1.44 bits per heavy atom. The second-order valence-electron chi connectivity index (χ2n) is 2.96. The molecule has 1 aromatic carbocycles. The van der Waals surface area contributed by atoms with Gasteiger partial charge in [0.2, 0.25) is 0 Å². The van der Waals surface area contributed by atoms with Gasteiger partial charge in [-0.05, 0) is 17.3 Å². The maximum atomic E-state index is 5.35. The summed E-state index contributed by atoms with van der Waals surface area (Å²) in [6, 6.07) is 5.47. The molecule has 0 bridgehead atoms. The molecule has 0 aliphatic rings. The zero-order chi connectivity index (χ0) is 10.7. The van der Waals surface area contributed by atoms with E-state index in [0.29, 0.717) is 30.4 Å². The highest BCUT2D eigenvalue weighted by molar-refractivity contribution is 5.88. The van der Waals surface area contributed by atoms with Crippen molar-refractivity contribution in [3.8, 4) is 11.6 Å². The van der Waals surface area contributed by atoms with Gasteiger partial charge in [-0.25, -0.2) is 0 Å². The molecule has 0 aliphatic heterocycles. The number of fused-ring (bicyclic) bond motifs is 1. The fourth-order valence-corrected chi connectivity index (χ4v) is 1.36. The van der Waals surface area contributed by atoms with Crippen molar-refractivity contribution >= 4 is 23.4 Å². The lowest BCUT2D eigenvalue weighted by atomic mass is 10.2. The first-order valence-electron chi connectivity index (χ1n) is 4.62. The predicted octanol–water partition coefficient (Wildman–Crippen LogP) is 1.60. The molecule has 0 atom stereocenters. The first-order chi connectivity index (χ1) is 7.36. The Kier molecular flexibility index (Phi) is 4.39. The molecule has 1 heterocycles. The molecule has 0 spiro atoms. The lowest BCUT2D eigenvalue weighted by molar-refractivity contribution is 0.292. The van der Waals surface area contributed by atoms with E-state index in [1.54, 1.807) is 13.2 Å². The quantitative estimate of drug-likeness (QED) is 0.885. The third-order valence-electron chi connectivity index (χ3n) is 2.01. The summed E-state index contributed by atoms with van der Waals surface area (Å²) in [6.07, 6.45) is 0. The van der Waals surface area contributed by atoms with Crippen LogP contribution in [0.25, 0.3) is 11.0 Å². The van der Waals surface area contributed by atoms with E-state index in [-0.39, 0.29) is 12.4 Å². The molecule has 0 amide bonds. The van der Waals surface area contributed by atoms with Crippen LogP contribution < -0.4 is 15.2 Å². The molecule has 2 N–H and O–H groups in total. The summed E-state index contributed by atoms with van der Waals surface area (Å²) in [7, 11) is 1.59. The summed E-state index contributed by atoms with van der Waals surface area (Å²) in [4.78, 5) is 0. The number of benzene rings is 1. The maximum Gasteiger partial charge on any atom is 0.265 e. The number of ether oxygens (including phenoxy) is 2. The van der Waals surface area contributed by atoms with Crippen molar-refractivity contribution in [2.24, 2.45) is 5.73 Å². The summed E-state index contributed by atoms with van der Waals surface area (Å²) in [5.74, 6) is 1.11. The van der Waals surface area contributed by atoms with Gasteiger partial charge in [0, 0.05) is 6.54 Å². The molecule has 0 fully saturated rings. The van der Waals surface area contributed by atoms with Crippen LogP contribution in [0.15, 0.2) is 22.7 Å². The van der Waals surface area contributed by atoms with Crippen molar-refractivity contribution in [3.63, 3.8) is 0 Å². The van der Waals surface area contributed by atoms with Crippen LogP contribution >= 0.6 is 12.4 Å². The fourth-order valence-electron chi connectivity index (χ4n) is 1.36. The zero-order valence-electron chi connectivity index (χ0n) is 8.80. The van der Waals surface area contributed by atoms with Gasteiger partial charge in [0.1, 0.15) is 17.7 Å². The summed E-state index contributed by atoms with van der Waals surface area (Å²) in [6.45, 7) is 0.836. The molecule has 16 heavy (non-hydrogen) atoms. The molecule has 5 nitrogen and oxygen atoms in total. The lowest BCUT2D eigenvalue weighted by Gasteiger charge is -2.02. The van der Waals surface area contributed by atoms with Crippen LogP contribution in [0.4, 0.5) is 0 Å². The van der Waals surface area contributed by atoms with Gasteiger partial charge in [0.05, 0.1) is 7.11 Å². The van der Waals surface area contributed by atoms with Gasteiger partial charge in [0.15, 0.2) is 5.58 Å². The number of nitrogens with zero attached hydrogens (tertiary/aromatic N) is 1. The first-order valence-corrected chi connectivity index (χ1v) is 4.62. The van der Waals surface area contributed by atoms with Crippen LogP contribution in [0.2, 0.25) is 0 Å². The highest BCUT2D eigenvalue weighted by atomic mass is 35.5. The van der Waals surface area contributed by atoms with Gasteiger partial charge in [-0.3, -0.25) is 0 Å². The fraction of sp³-hybridized carbons (Fsp3) is 0.300. The number of aromatic nitrogens is 1. The standard InChI is InChI=1S/C10H12N2O3.ClH/c1-13-7-3-2-4-8-9(7)10(12-15-8)14-6-5-11;/h2-4H,5-6,11H2,1H3;1H. The second kappa shape index (κ2) is 5.58. The minimum absolute atomic E-state index is 0. The van der Waals surface area contributed by atoms with Gasteiger partial charge in [-0.2, -0.15) is 0 Å². The molecule has 1 aromatic heterocycles. The molecule has 0 unspecified atom stereocenters. The number of nitrogens with two attached hydrogens (primary N) is 1. The van der Waals surface area contributed by atoms with E-state index in [0.717, 1.165) is 5.39 Å². The third-order valence-corrected chi connectivity index (χ3v) is 2.01. The summed E-state index contributed by atoms with van der Waals surface area (Å²) in [5.41, 5.74) is 5.99. The molecule has 6 heteroatoms. The van der Waals surface area contributed by atoms with Gasteiger partial charge < -0.3 is 19.7 Å². The van der Waals surface area contributed by atoms with E-state index in [4.69, 9.17) is 19.7 Å². The zero-order valence-corrected chi connectivity index (χ0v) is 9.62. The lowest BCUT2D eigenvalue weighted by Crippen LogP contribution is -2.10. The van der Waals surface area contributed by atoms with Gasteiger partial charge in [0.25, 0.3) is 5.88 Å². The van der Waals surface area contributed by atoms with Crippen molar-refractivity contribution in [1.29, 1.82) is 0 Å². The number of rotatable bonds is 4. The van der Waals surface area contributed by atoms with Crippen LogP contribution in [-0.2, 0) is 0 Å². The summed E-state index contributed by atoms with van der Waals surface area (Å²) < 4.78 is 15.6. The highest BCUT2D eigenvalue weighted by Gasteiger charge is 2.13. The van der Waals surface area contributed by atoms with E-state index in [9.17, 15) is 0 Å². The van der Waals surface area contributed by atoms with Crippen LogP contribution in [0.1, 0.15) is 0 Å². The van der Waals surface area contributed by atoms with Crippen molar-refractivity contribution in [3.05, 3.63) is 18.2 Å². The molecule has 0 radical (unpaired) electrons. The van der Waals surface area contributed by atoms with Gasteiger partial charge in [-0.1, -0.05) is 6.07 Å². The topological polar surface area (TPSA) is 70.5 Å². The first kappa shape index (κ1) is 12.6. The van der Waals surface area contributed by atoms with E-state index in [2.05, 4.69) is 5.16 Å². The third kappa shape index (κ3) is 2.20.